The Bertz CT molecular complexity index is 433. The van der Waals surface area contributed by atoms with Gasteiger partial charge in [0.2, 0.25) is 0 Å². The van der Waals surface area contributed by atoms with E-state index in [-0.39, 0.29) is 24.0 Å². The third-order valence-corrected chi connectivity index (χ3v) is 2.76. The maximum Gasteiger partial charge on any atom is 0.193 e. The Balaban J connectivity index is 0.00000361. The molecule has 1 aromatic carbocycles. The topological polar surface area (TPSA) is 36.9 Å². The molecule has 20 heavy (non-hydrogen) atoms. The summed E-state index contributed by atoms with van der Waals surface area (Å²) < 4.78 is 5.80. The van der Waals surface area contributed by atoms with Crippen molar-refractivity contribution >= 4 is 29.9 Å². The van der Waals surface area contributed by atoms with Gasteiger partial charge in [-0.1, -0.05) is 19.1 Å². The third kappa shape index (κ3) is 5.98. The lowest BCUT2D eigenvalue weighted by Gasteiger charge is -2.18. The minimum atomic E-state index is 0. The van der Waals surface area contributed by atoms with Gasteiger partial charge in [0.1, 0.15) is 5.75 Å². The molecule has 0 aliphatic heterocycles. The van der Waals surface area contributed by atoms with E-state index in [4.69, 9.17) is 4.74 Å². The molecule has 0 spiro atoms. The molecule has 0 aliphatic carbocycles. The van der Waals surface area contributed by atoms with Gasteiger partial charge in [-0.15, -0.1) is 24.0 Å². The molecule has 0 amide bonds. The van der Waals surface area contributed by atoms with E-state index in [1.165, 1.54) is 5.56 Å². The number of benzene rings is 1. The van der Waals surface area contributed by atoms with Gasteiger partial charge in [-0.2, -0.15) is 0 Å². The van der Waals surface area contributed by atoms with Crippen molar-refractivity contribution in [1.29, 1.82) is 0 Å². The van der Waals surface area contributed by atoms with Gasteiger partial charge in [0, 0.05) is 33.3 Å². The van der Waals surface area contributed by atoms with Gasteiger partial charge < -0.3 is 15.0 Å². The van der Waals surface area contributed by atoms with Crippen molar-refractivity contribution in [2.24, 2.45) is 4.99 Å². The molecule has 1 rings (SSSR count). The van der Waals surface area contributed by atoms with E-state index in [0.29, 0.717) is 6.54 Å². The number of halogens is 1. The first kappa shape index (κ1) is 19.0. The fourth-order valence-electron chi connectivity index (χ4n) is 1.77. The molecule has 0 fully saturated rings. The smallest absolute Gasteiger partial charge is 0.193 e. The van der Waals surface area contributed by atoms with Crippen LogP contribution in [0.4, 0.5) is 0 Å². The average Bonchev–Trinajstić information content (AvgIpc) is 2.38. The first-order valence-corrected chi connectivity index (χ1v) is 6.68. The van der Waals surface area contributed by atoms with Crippen LogP contribution in [0.25, 0.3) is 0 Å². The van der Waals surface area contributed by atoms with Crippen LogP contribution in [0.3, 0.4) is 0 Å². The summed E-state index contributed by atoms with van der Waals surface area (Å²) in [5, 5.41) is 3.32. The van der Waals surface area contributed by atoms with Gasteiger partial charge in [0.15, 0.2) is 5.96 Å². The van der Waals surface area contributed by atoms with Crippen molar-refractivity contribution in [3.63, 3.8) is 0 Å². The minimum absolute atomic E-state index is 0. The van der Waals surface area contributed by atoms with Crippen LogP contribution in [0, 0.1) is 6.92 Å². The second-order valence-corrected chi connectivity index (χ2v) is 4.75. The number of aryl methyl sites for hydroxylation is 1. The first-order valence-electron chi connectivity index (χ1n) is 6.68. The highest BCUT2D eigenvalue weighted by Gasteiger charge is 2.06. The maximum atomic E-state index is 5.80. The van der Waals surface area contributed by atoms with Crippen molar-refractivity contribution in [2.45, 2.75) is 26.8 Å². The van der Waals surface area contributed by atoms with Gasteiger partial charge >= 0.3 is 0 Å². The third-order valence-electron chi connectivity index (χ3n) is 2.76. The van der Waals surface area contributed by atoms with Crippen molar-refractivity contribution < 1.29 is 4.74 Å². The fourth-order valence-corrected chi connectivity index (χ4v) is 1.77. The number of hydrogen-bond acceptors (Lipinski definition) is 2. The van der Waals surface area contributed by atoms with Crippen LogP contribution in [0.15, 0.2) is 23.2 Å². The highest BCUT2D eigenvalue weighted by atomic mass is 127. The van der Waals surface area contributed by atoms with Gasteiger partial charge in [0.05, 0.1) is 6.61 Å². The zero-order valence-corrected chi connectivity index (χ0v) is 15.4. The fraction of sp³-hybridized carbons (Fsp3) is 0.533. The van der Waals surface area contributed by atoms with Crippen molar-refractivity contribution in [3.05, 3.63) is 29.3 Å². The van der Waals surface area contributed by atoms with Crippen molar-refractivity contribution in [3.8, 4) is 5.75 Å². The Labute approximate surface area is 139 Å². The van der Waals surface area contributed by atoms with Crippen LogP contribution < -0.4 is 10.1 Å². The molecule has 0 saturated heterocycles. The second kappa shape index (κ2) is 9.85. The Hall–Kier alpha value is -0.980. The largest absolute Gasteiger partial charge is 0.493 e. The molecule has 0 heterocycles. The van der Waals surface area contributed by atoms with Gasteiger partial charge in [-0.3, -0.25) is 4.99 Å². The van der Waals surface area contributed by atoms with Crippen molar-refractivity contribution in [1.82, 2.24) is 10.2 Å². The van der Waals surface area contributed by atoms with Crippen LogP contribution in [0.1, 0.15) is 24.5 Å². The summed E-state index contributed by atoms with van der Waals surface area (Å²) in [6, 6.07) is 6.30. The zero-order valence-electron chi connectivity index (χ0n) is 13.1. The number of hydrogen-bond donors (Lipinski definition) is 1. The molecule has 114 valence electrons. The van der Waals surface area contributed by atoms with E-state index in [2.05, 4.69) is 42.4 Å². The van der Waals surface area contributed by atoms with Gasteiger partial charge in [0.25, 0.3) is 0 Å². The van der Waals surface area contributed by atoms with E-state index in [9.17, 15) is 0 Å². The van der Waals surface area contributed by atoms with Crippen LogP contribution in [-0.2, 0) is 6.54 Å². The molecule has 0 bridgehead atoms. The van der Waals surface area contributed by atoms with E-state index in [1.807, 2.05) is 19.0 Å². The Morgan fingerprint density at radius 3 is 2.60 bits per heavy atom. The number of rotatable bonds is 5. The monoisotopic (exact) mass is 391 g/mol. The average molecular weight is 391 g/mol. The van der Waals surface area contributed by atoms with Gasteiger partial charge in [-0.25, -0.2) is 0 Å². The number of nitrogens with one attached hydrogen (secondary N) is 1. The molecule has 0 aromatic heterocycles. The summed E-state index contributed by atoms with van der Waals surface area (Å²) in [6.45, 7) is 5.65. The normalized spacial score (nSPS) is 10.8. The zero-order chi connectivity index (χ0) is 14.3. The summed E-state index contributed by atoms with van der Waals surface area (Å²) in [5.41, 5.74) is 2.37. The lowest BCUT2D eigenvalue weighted by molar-refractivity contribution is 0.313. The van der Waals surface area contributed by atoms with Crippen LogP contribution in [0.5, 0.6) is 5.75 Å². The molecule has 0 atom stereocenters. The highest BCUT2D eigenvalue weighted by molar-refractivity contribution is 14.0. The molecule has 1 N–H and O–H groups in total. The summed E-state index contributed by atoms with van der Waals surface area (Å²) >= 11 is 0. The molecule has 0 saturated carbocycles. The standard InChI is InChI=1S/C15H25N3O.HI/c1-6-9-19-14-10-12(2)7-8-13(14)11-17-15(16-3)18(4)5;/h7-8,10H,6,9,11H2,1-5H3,(H,16,17);1H. The predicted molar refractivity (Wildman–Crippen MR) is 96.3 cm³/mol. The maximum absolute atomic E-state index is 5.80. The Kier molecular flexibility index (Phi) is 9.37. The number of aliphatic imine (C=N–C) groups is 1. The lowest BCUT2D eigenvalue weighted by atomic mass is 10.1. The minimum Gasteiger partial charge on any atom is -0.493 e. The van der Waals surface area contributed by atoms with Crippen molar-refractivity contribution in [2.75, 3.05) is 27.7 Å². The van der Waals surface area contributed by atoms with Gasteiger partial charge in [-0.05, 0) is 25.0 Å². The first-order chi connectivity index (χ1) is 9.08. The molecule has 4 nitrogen and oxygen atoms in total. The van der Waals surface area contributed by atoms with Crippen LogP contribution in [-0.4, -0.2) is 38.6 Å². The number of nitrogens with zero attached hydrogens (tertiary/aromatic N) is 2. The SMILES string of the molecule is CCCOc1cc(C)ccc1CNC(=NC)N(C)C.I. The van der Waals surface area contributed by atoms with E-state index >= 15 is 0 Å². The van der Waals surface area contributed by atoms with E-state index in [1.54, 1.807) is 7.05 Å². The summed E-state index contributed by atoms with van der Waals surface area (Å²) in [4.78, 5) is 6.16. The summed E-state index contributed by atoms with van der Waals surface area (Å²) in [6.07, 6.45) is 1.01. The molecule has 0 radical (unpaired) electrons. The van der Waals surface area contributed by atoms with E-state index < -0.39 is 0 Å². The van der Waals surface area contributed by atoms with Crippen LogP contribution >= 0.6 is 24.0 Å². The van der Waals surface area contributed by atoms with Crippen LogP contribution in [0.2, 0.25) is 0 Å². The number of ether oxygens (including phenoxy) is 1. The Morgan fingerprint density at radius 2 is 2.05 bits per heavy atom. The Morgan fingerprint density at radius 1 is 1.35 bits per heavy atom. The van der Waals surface area contributed by atoms with E-state index in [0.717, 1.165) is 30.3 Å². The number of guanidine groups is 1. The predicted octanol–water partition coefficient (Wildman–Crippen LogP) is 3.04. The molecule has 0 aliphatic rings. The highest BCUT2D eigenvalue weighted by Crippen LogP contribution is 2.20. The molecular formula is C15H26IN3O. The second-order valence-electron chi connectivity index (χ2n) is 4.75. The quantitative estimate of drug-likeness (QED) is 0.476. The molecule has 1 aromatic rings. The molecule has 0 unspecified atom stereocenters. The molecule has 5 heteroatoms. The molecular weight excluding hydrogens is 365 g/mol. The lowest BCUT2D eigenvalue weighted by Crippen LogP contribution is -2.35. The summed E-state index contributed by atoms with van der Waals surface area (Å²) in [7, 11) is 5.73. The summed E-state index contributed by atoms with van der Waals surface area (Å²) in [5.74, 6) is 1.82.